The van der Waals surface area contributed by atoms with E-state index >= 15 is 13.2 Å². The number of nitrogens with one attached hydrogen (secondary N) is 3. The first-order chi connectivity index (χ1) is 31.3. The van der Waals surface area contributed by atoms with Gasteiger partial charge in [0.05, 0.1) is 23.4 Å². The molecule has 1 saturated carbocycles. The average Bonchev–Trinajstić information content (AvgIpc) is 3.93. The molecule has 4 amide bonds. The quantitative estimate of drug-likeness (QED) is 0.247. The van der Waals surface area contributed by atoms with Crippen LogP contribution in [0.5, 0.6) is 11.5 Å². The van der Waals surface area contributed by atoms with Gasteiger partial charge in [-0.05, 0) is 95.4 Å². The highest BCUT2D eigenvalue weighted by molar-refractivity contribution is 7.91. The molecule has 3 fully saturated rings. The molecule has 4 aliphatic heterocycles. The molecular weight excluding hydrogens is 882 g/mol. The lowest BCUT2D eigenvalue weighted by Gasteiger charge is -2.42. The Labute approximate surface area is 383 Å². The Hall–Kier alpha value is -4.91. The molecule has 3 N–H and O–H groups in total. The van der Waals surface area contributed by atoms with Crippen LogP contribution < -0.4 is 24.8 Å². The fraction of sp³-hybridized carbons (Fsp3) is 0.638. The molecule has 360 valence electrons. The minimum Gasteiger partial charge on any atom is -0.490 e. The first-order valence-electron chi connectivity index (χ1n) is 23.4. The second kappa shape index (κ2) is 18.3. The SMILES string of the molecule is CCN1CCC(Oc2ccc3nc(C(F)(F)F)c4c(c3c2)CCC2(CC3C(=O)NC5(C(=O)NS(=O)(=O)C6(C)CC6)C=CC5C=CCCCCCC(NC(=O)OCC(C)C)C(=O)N3C2)O4)CC1. The third kappa shape index (κ3) is 9.60. The van der Waals surface area contributed by atoms with Crippen molar-refractivity contribution in [3.63, 3.8) is 0 Å². The standard InChI is InChI=1S/C47H61F3N6O9S/c1-5-55-23-17-31(18-24-55)64-32-13-14-35-34(25-32)33-16-19-45(65-38(33)39(51-35)47(48,49)50)26-37-40(57)53-46(42(59)54-66(61,62)44(4)21-22-44)20-15-30(46)11-9-7-6-8-10-12-36(41(58)56(37)28-45)52-43(60)63-27-29(2)3/h9,11,13-15,20,25,29-31,36-37H,5-8,10,12,16-19,21-24,26-28H2,1-4H3,(H,52,60)(H,53,57)(H,54,59). The predicted molar refractivity (Wildman–Crippen MR) is 238 cm³/mol. The van der Waals surface area contributed by atoms with Crippen molar-refractivity contribution in [3.05, 3.63) is 53.8 Å². The summed E-state index contributed by atoms with van der Waals surface area (Å²) in [6.45, 7) is 9.76. The van der Waals surface area contributed by atoms with E-state index in [0.29, 0.717) is 49.7 Å². The van der Waals surface area contributed by atoms with Crippen molar-refractivity contribution in [1.29, 1.82) is 0 Å². The molecule has 15 nitrogen and oxygen atoms in total. The molecule has 2 saturated heterocycles. The Balaban J connectivity index is 1.15. The number of alkyl carbamates (subject to hydrolysis) is 1. The number of carbonyl (C=O) groups excluding carboxylic acids is 4. The lowest BCUT2D eigenvalue weighted by molar-refractivity contribution is -0.144. The van der Waals surface area contributed by atoms with Crippen LogP contribution >= 0.6 is 0 Å². The van der Waals surface area contributed by atoms with E-state index in [4.69, 9.17) is 14.2 Å². The van der Waals surface area contributed by atoms with Crippen molar-refractivity contribution < 1.29 is 55.0 Å². The highest BCUT2D eigenvalue weighted by Gasteiger charge is 2.58. The number of hydrogen-bond donors (Lipinski definition) is 3. The summed E-state index contributed by atoms with van der Waals surface area (Å²) in [7, 11) is -4.15. The largest absolute Gasteiger partial charge is 0.490 e. The van der Waals surface area contributed by atoms with Gasteiger partial charge in [-0.2, -0.15) is 13.2 Å². The number of ether oxygens (including phenoxy) is 3. The third-order valence-electron chi connectivity index (χ3n) is 14.2. The number of allylic oxidation sites excluding steroid dienone is 1. The van der Waals surface area contributed by atoms with Crippen molar-refractivity contribution in [2.24, 2.45) is 11.8 Å². The zero-order valence-corrected chi connectivity index (χ0v) is 38.8. The van der Waals surface area contributed by atoms with E-state index in [1.54, 1.807) is 24.3 Å². The highest BCUT2D eigenvalue weighted by Crippen LogP contribution is 2.49. The maximum atomic E-state index is 15.1. The lowest BCUT2D eigenvalue weighted by Crippen LogP contribution is -2.67. The number of nitrogens with zero attached hydrogens (tertiary/aromatic N) is 3. The number of fused-ring (bicyclic) bond motifs is 5. The summed E-state index contributed by atoms with van der Waals surface area (Å²) >= 11 is 0. The lowest BCUT2D eigenvalue weighted by atomic mass is 9.73. The summed E-state index contributed by atoms with van der Waals surface area (Å²) in [6.07, 6.45) is 5.59. The molecule has 2 aromatic rings. The zero-order chi connectivity index (χ0) is 47.2. The number of sulfonamides is 1. The number of rotatable bonds is 9. The number of piperidine rings is 1. The minimum atomic E-state index is -4.95. The van der Waals surface area contributed by atoms with Crippen molar-refractivity contribution >= 4 is 44.7 Å². The minimum absolute atomic E-state index is 0.00227. The van der Waals surface area contributed by atoms with Crippen molar-refractivity contribution in [3.8, 4) is 11.5 Å². The number of likely N-dealkylation sites (tertiary alicyclic amines) is 1. The summed E-state index contributed by atoms with van der Waals surface area (Å²) in [4.78, 5) is 64.7. The number of benzene rings is 1. The number of aromatic nitrogens is 1. The number of hydrogen-bond acceptors (Lipinski definition) is 11. The number of carbonyl (C=O) groups is 4. The van der Waals surface area contributed by atoms with Crippen LogP contribution in [-0.2, 0) is 41.7 Å². The first-order valence-corrected chi connectivity index (χ1v) is 24.8. The van der Waals surface area contributed by atoms with Crippen LogP contribution in [0.1, 0.15) is 110 Å². The summed E-state index contributed by atoms with van der Waals surface area (Å²) in [6, 6.07) is 2.22. The molecule has 0 radical (unpaired) electrons. The smallest absolute Gasteiger partial charge is 0.437 e. The molecule has 66 heavy (non-hydrogen) atoms. The van der Waals surface area contributed by atoms with Gasteiger partial charge in [-0.15, -0.1) is 0 Å². The molecule has 8 rings (SSSR count). The van der Waals surface area contributed by atoms with Gasteiger partial charge in [0.15, 0.2) is 11.4 Å². The molecule has 6 aliphatic rings. The van der Waals surface area contributed by atoms with E-state index in [-0.39, 0.29) is 61.9 Å². The molecule has 0 bridgehead atoms. The maximum Gasteiger partial charge on any atom is 0.437 e. The third-order valence-corrected chi connectivity index (χ3v) is 16.3. The van der Waals surface area contributed by atoms with E-state index in [2.05, 4.69) is 32.2 Å². The molecule has 1 aromatic heterocycles. The highest BCUT2D eigenvalue weighted by atomic mass is 32.2. The Morgan fingerprint density at radius 3 is 2.48 bits per heavy atom. The molecule has 1 aromatic carbocycles. The van der Waals surface area contributed by atoms with Gasteiger partial charge in [0.25, 0.3) is 5.91 Å². The molecule has 5 heterocycles. The van der Waals surface area contributed by atoms with Crippen LogP contribution in [0.4, 0.5) is 18.0 Å². The Kier molecular flexibility index (Phi) is 13.2. The molecule has 5 atom stereocenters. The van der Waals surface area contributed by atoms with Gasteiger partial charge < -0.3 is 34.6 Å². The predicted octanol–water partition coefficient (Wildman–Crippen LogP) is 6.09. The monoisotopic (exact) mass is 942 g/mol. The zero-order valence-electron chi connectivity index (χ0n) is 38.0. The number of aryl methyl sites for hydroxylation is 1. The Morgan fingerprint density at radius 1 is 1.06 bits per heavy atom. The van der Waals surface area contributed by atoms with E-state index in [1.807, 2.05) is 19.9 Å². The van der Waals surface area contributed by atoms with E-state index in [9.17, 15) is 27.6 Å². The van der Waals surface area contributed by atoms with Crippen LogP contribution in [0.3, 0.4) is 0 Å². The molecule has 19 heteroatoms. The van der Waals surface area contributed by atoms with E-state index in [1.165, 1.54) is 24.0 Å². The number of alkyl halides is 3. The van der Waals surface area contributed by atoms with E-state index in [0.717, 1.165) is 32.5 Å². The van der Waals surface area contributed by atoms with Crippen LogP contribution in [0.2, 0.25) is 0 Å². The Morgan fingerprint density at radius 2 is 1.82 bits per heavy atom. The summed E-state index contributed by atoms with van der Waals surface area (Å²) in [5, 5.41) is 5.91. The summed E-state index contributed by atoms with van der Waals surface area (Å²) in [5.41, 5.74) is -4.29. The van der Waals surface area contributed by atoms with E-state index < -0.39 is 85.3 Å². The first kappa shape index (κ1) is 47.6. The van der Waals surface area contributed by atoms with Gasteiger partial charge in [-0.25, -0.2) is 18.2 Å². The second-order valence-corrected chi connectivity index (χ2v) is 21.7. The van der Waals surface area contributed by atoms with Crippen LogP contribution in [-0.4, -0.2) is 114 Å². The van der Waals surface area contributed by atoms with Gasteiger partial charge in [0.2, 0.25) is 21.8 Å². The fourth-order valence-corrected chi connectivity index (χ4v) is 11.0. The number of pyridine rings is 1. The average molecular weight is 943 g/mol. The molecular formula is C47H61F3N6O9S. The second-order valence-electron chi connectivity index (χ2n) is 19.6. The van der Waals surface area contributed by atoms with Crippen LogP contribution in [0, 0.1) is 11.8 Å². The summed E-state index contributed by atoms with van der Waals surface area (Å²) < 4.78 is 91.2. The summed E-state index contributed by atoms with van der Waals surface area (Å²) in [5.74, 6) is -3.28. The fourth-order valence-electron chi connectivity index (χ4n) is 9.74. The van der Waals surface area contributed by atoms with Crippen LogP contribution in [0.25, 0.3) is 10.9 Å². The van der Waals surface area contributed by atoms with Crippen LogP contribution in [0.15, 0.2) is 42.5 Å². The van der Waals surface area contributed by atoms with Gasteiger partial charge in [-0.3, -0.25) is 19.1 Å². The van der Waals surface area contributed by atoms with Gasteiger partial charge in [-0.1, -0.05) is 57.9 Å². The topological polar surface area (TPSA) is 186 Å². The Bertz CT molecular complexity index is 2400. The van der Waals surface area contributed by atoms with Crippen molar-refractivity contribution in [2.75, 3.05) is 32.8 Å². The molecule has 5 unspecified atom stereocenters. The van der Waals surface area contributed by atoms with Gasteiger partial charge in [0.1, 0.15) is 35.1 Å². The number of halogens is 3. The van der Waals surface area contributed by atoms with Crippen molar-refractivity contribution in [1.82, 2.24) is 30.1 Å². The van der Waals surface area contributed by atoms with Gasteiger partial charge in [0, 0.05) is 36.4 Å². The van der Waals surface area contributed by atoms with Crippen molar-refractivity contribution in [2.45, 2.75) is 145 Å². The van der Waals surface area contributed by atoms with Gasteiger partial charge >= 0.3 is 12.3 Å². The maximum absolute atomic E-state index is 15.1. The molecule has 1 spiro atoms. The normalized spacial score (nSPS) is 28.2. The number of amides is 4. The molecule has 2 aliphatic carbocycles.